The second-order valence-corrected chi connectivity index (χ2v) is 5.59. The zero-order valence-electron chi connectivity index (χ0n) is 13.6. The molecule has 0 radical (unpaired) electrons. The van der Waals surface area contributed by atoms with Crippen molar-refractivity contribution in [2.45, 2.75) is 6.54 Å². The van der Waals surface area contributed by atoms with Crippen molar-refractivity contribution >= 4 is 16.7 Å². The number of hydrogen-bond donors (Lipinski definition) is 1. The van der Waals surface area contributed by atoms with Crippen LogP contribution in [0.2, 0.25) is 0 Å². The molecule has 1 N–H and O–H groups in total. The SMILES string of the molecule is CNC(=O)Cn1cc(-n2ccnc2-c2cccc3cnccc23)cn1. The highest BCUT2D eigenvalue weighted by molar-refractivity contribution is 5.94. The summed E-state index contributed by atoms with van der Waals surface area (Å²) in [4.78, 5) is 20.2. The van der Waals surface area contributed by atoms with Crippen LogP contribution in [-0.4, -0.2) is 37.3 Å². The number of nitrogens with one attached hydrogen (secondary N) is 1. The van der Waals surface area contributed by atoms with Crippen LogP contribution in [-0.2, 0) is 11.3 Å². The molecule has 0 saturated carbocycles. The van der Waals surface area contributed by atoms with Gasteiger partial charge in [-0.05, 0) is 11.5 Å². The molecular formula is C18H16N6O. The van der Waals surface area contributed by atoms with Crippen LogP contribution in [0, 0.1) is 0 Å². The third-order valence-corrected chi connectivity index (χ3v) is 4.04. The van der Waals surface area contributed by atoms with E-state index < -0.39 is 0 Å². The van der Waals surface area contributed by atoms with Gasteiger partial charge in [0.1, 0.15) is 12.4 Å². The molecule has 0 saturated heterocycles. The van der Waals surface area contributed by atoms with E-state index >= 15 is 0 Å². The molecule has 7 heteroatoms. The van der Waals surface area contributed by atoms with Gasteiger partial charge in [-0.15, -0.1) is 0 Å². The van der Waals surface area contributed by atoms with Crippen LogP contribution in [0.15, 0.2) is 61.4 Å². The Hall–Kier alpha value is -3.48. The highest BCUT2D eigenvalue weighted by atomic mass is 16.1. The van der Waals surface area contributed by atoms with Crippen LogP contribution in [0.3, 0.4) is 0 Å². The van der Waals surface area contributed by atoms with Crippen molar-refractivity contribution in [2.75, 3.05) is 7.05 Å². The van der Waals surface area contributed by atoms with E-state index in [-0.39, 0.29) is 12.5 Å². The molecule has 0 aliphatic carbocycles. The van der Waals surface area contributed by atoms with E-state index in [0.717, 1.165) is 27.8 Å². The van der Waals surface area contributed by atoms with E-state index in [0.29, 0.717) is 0 Å². The first-order valence-electron chi connectivity index (χ1n) is 7.86. The van der Waals surface area contributed by atoms with Crippen molar-refractivity contribution < 1.29 is 4.79 Å². The van der Waals surface area contributed by atoms with Crippen LogP contribution in [0.5, 0.6) is 0 Å². The number of rotatable bonds is 4. The van der Waals surface area contributed by atoms with Gasteiger partial charge in [0, 0.05) is 49.0 Å². The van der Waals surface area contributed by atoms with E-state index in [9.17, 15) is 4.79 Å². The fourth-order valence-electron chi connectivity index (χ4n) is 2.82. The minimum absolute atomic E-state index is 0.0953. The van der Waals surface area contributed by atoms with E-state index in [1.54, 1.807) is 30.3 Å². The van der Waals surface area contributed by atoms with Crippen LogP contribution >= 0.6 is 0 Å². The number of amides is 1. The van der Waals surface area contributed by atoms with Crippen molar-refractivity contribution in [3.05, 3.63) is 61.4 Å². The molecule has 1 aromatic carbocycles. The minimum atomic E-state index is -0.0953. The quantitative estimate of drug-likeness (QED) is 0.620. The summed E-state index contributed by atoms with van der Waals surface area (Å²) in [5.41, 5.74) is 1.87. The number of fused-ring (bicyclic) bond motifs is 1. The van der Waals surface area contributed by atoms with Gasteiger partial charge in [-0.2, -0.15) is 5.10 Å². The number of imidazole rings is 1. The Kier molecular flexibility index (Phi) is 3.74. The summed E-state index contributed by atoms with van der Waals surface area (Å²) in [6.07, 6.45) is 10.8. The molecule has 25 heavy (non-hydrogen) atoms. The standard InChI is InChI=1S/C18H16N6O/c1-19-17(25)12-23-11-14(10-22-23)24-8-7-21-18(24)16-4-2-3-13-9-20-6-5-15(13)16/h2-11H,12H2,1H3,(H,19,25). The first-order valence-corrected chi connectivity index (χ1v) is 7.86. The summed E-state index contributed by atoms with van der Waals surface area (Å²) in [5, 5.41) is 8.99. The number of aromatic nitrogens is 5. The summed E-state index contributed by atoms with van der Waals surface area (Å²) >= 11 is 0. The number of pyridine rings is 1. The summed E-state index contributed by atoms with van der Waals surface area (Å²) in [5.74, 6) is 0.721. The molecule has 0 aliphatic heterocycles. The molecule has 0 aliphatic rings. The van der Waals surface area contributed by atoms with Gasteiger partial charge in [0.05, 0.1) is 11.9 Å². The Bertz CT molecular complexity index is 1040. The smallest absolute Gasteiger partial charge is 0.241 e. The van der Waals surface area contributed by atoms with Crippen LogP contribution in [0.4, 0.5) is 0 Å². The second-order valence-electron chi connectivity index (χ2n) is 5.59. The van der Waals surface area contributed by atoms with Gasteiger partial charge in [-0.25, -0.2) is 4.98 Å². The Morgan fingerprint density at radius 2 is 2.12 bits per heavy atom. The van der Waals surface area contributed by atoms with Gasteiger partial charge in [-0.1, -0.05) is 18.2 Å². The predicted molar refractivity (Wildman–Crippen MR) is 94.2 cm³/mol. The summed E-state index contributed by atoms with van der Waals surface area (Å²) in [6.45, 7) is 0.181. The normalized spacial score (nSPS) is 10.9. The summed E-state index contributed by atoms with van der Waals surface area (Å²) < 4.78 is 3.56. The molecular weight excluding hydrogens is 316 g/mol. The Balaban J connectivity index is 1.77. The van der Waals surface area contributed by atoms with Gasteiger partial charge >= 0.3 is 0 Å². The number of likely N-dealkylation sites (N-methyl/N-ethyl adjacent to an activating group) is 1. The second kappa shape index (κ2) is 6.20. The highest BCUT2D eigenvalue weighted by Gasteiger charge is 2.12. The minimum Gasteiger partial charge on any atom is -0.358 e. The van der Waals surface area contributed by atoms with Gasteiger partial charge in [0.15, 0.2) is 0 Å². The number of carbonyl (C=O) groups excluding carboxylic acids is 1. The number of nitrogens with zero attached hydrogens (tertiary/aromatic N) is 5. The number of hydrogen-bond acceptors (Lipinski definition) is 4. The molecule has 124 valence electrons. The first-order chi connectivity index (χ1) is 12.3. The van der Waals surface area contributed by atoms with Gasteiger partial charge in [0.25, 0.3) is 0 Å². The summed E-state index contributed by atoms with van der Waals surface area (Å²) in [6, 6.07) is 8.04. The average molecular weight is 332 g/mol. The lowest BCUT2D eigenvalue weighted by Gasteiger charge is -2.08. The zero-order chi connectivity index (χ0) is 17.2. The highest BCUT2D eigenvalue weighted by Crippen LogP contribution is 2.28. The van der Waals surface area contributed by atoms with Gasteiger partial charge < -0.3 is 5.32 Å². The lowest BCUT2D eigenvalue weighted by molar-refractivity contribution is -0.121. The lowest BCUT2D eigenvalue weighted by atomic mass is 10.1. The number of benzene rings is 1. The van der Waals surface area contributed by atoms with Crippen molar-refractivity contribution in [3.8, 4) is 17.1 Å². The molecule has 0 spiro atoms. The molecule has 0 bridgehead atoms. The Morgan fingerprint density at radius 1 is 1.20 bits per heavy atom. The largest absolute Gasteiger partial charge is 0.358 e. The van der Waals surface area contributed by atoms with E-state index in [1.165, 1.54) is 0 Å². The zero-order valence-corrected chi connectivity index (χ0v) is 13.6. The fourth-order valence-corrected chi connectivity index (χ4v) is 2.82. The maximum Gasteiger partial charge on any atom is 0.241 e. The lowest BCUT2D eigenvalue weighted by Crippen LogP contribution is -2.23. The van der Waals surface area contributed by atoms with E-state index in [4.69, 9.17) is 0 Å². The third kappa shape index (κ3) is 2.76. The van der Waals surface area contributed by atoms with Crippen LogP contribution in [0.1, 0.15) is 0 Å². The monoisotopic (exact) mass is 332 g/mol. The summed E-state index contributed by atoms with van der Waals surface area (Å²) in [7, 11) is 1.61. The molecule has 0 unspecified atom stereocenters. The maximum absolute atomic E-state index is 11.5. The fraction of sp³-hybridized carbons (Fsp3) is 0.111. The molecule has 3 aromatic heterocycles. The van der Waals surface area contributed by atoms with Gasteiger partial charge in [-0.3, -0.25) is 19.0 Å². The van der Waals surface area contributed by atoms with E-state index in [1.807, 2.05) is 47.4 Å². The molecule has 4 aromatic rings. The third-order valence-electron chi connectivity index (χ3n) is 4.04. The molecule has 1 amide bonds. The van der Waals surface area contributed by atoms with Crippen molar-refractivity contribution in [2.24, 2.45) is 0 Å². The first kappa shape index (κ1) is 15.1. The maximum atomic E-state index is 11.5. The Labute approximate surface area is 143 Å². The van der Waals surface area contributed by atoms with Crippen LogP contribution in [0.25, 0.3) is 27.8 Å². The molecule has 0 fully saturated rings. The Morgan fingerprint density at radius 3 is 3.00 bits per heavy atom. The topological polar surface area (TPSA) is 77.6 Å². The van der Waals surface area contributed by atoms with Crippen molar-refractivity contribution in [1.82, 2.24) is 29.6 Å². The molecule has 0 atom stereocenters. The predicted octanol–water partition coefficient (Wildman–Crippen LogP) is 2.03. The van der Waals surface area contributed by atoms with Crippen molar-refractivity contribution in [1.29, 1.82) is 0 Å². The molecule has 4 rings (SSSR count). The van der Waals surface area contributed by atoms with Crippen molar-refractivity contribution in [3.63, 3.8) is 0 Å². The molecule has 3 heterocycles. The van der Waals surface area contributed by atoms with Crippen LogP contribution < -0.4 is 5.32 Å². The molecule has 7 nitrogen and oxygen atoms in total. The van der Waals surface area contributed by atoms with E-state index in [2.05, 4.69) is 20.4 Å². The van der Waals surface area contributed by atoms with Gasteiger partial charge in [0.2, 0.25) is 5.91 Å². The number of carbonyl (C=O) groups is 1. The average Bonchev–Trinajstić information content (AvgIpc) is 3.30.